The lowest BCUT2D eigenvalue weighted by Gasteiger charge is -2.22. The van der Waals surface area contributed by atoms with Crippen LogP contribution in [0.25, 0.3) is 23.1 Å². The molecule has 9 heteroatoms. The molecular weight excluding hydrogens is 308 g/mol. The van der Waals surface area contributed by atoms with Gasteiger partial charge in [-0.2, -0.15) is 10.1 Å². The Hall–Kier alpha value is -2.68. The van der Waals surface area contributed by atoms with Gasteiger partial charge in [-0.25, -0.2) is 0 Å². The van der Waals surface area contributed by atoms with Crippen LogP contribution in [0.1, 0.15) is 18.5 Å². The molecule has 4 heterocycles. The standard InChI is InChI=1S/C15H18N8O/c1-10-4-5-12(19-18-10)14-17-15(24-21-14)13-9-23(22-20-13)8-11-3-2-6-16-7-11/h4-5,9,11,16H,2-3,6-8H2,1H3/t11-/m0/s1. The number of rotatable bonds is 4. The molecule has 24 heavy (non-hydrogen) atoms. The Bertz CT molecular complexity index is 803. The molecule has 0 radical (unpaired) electrons. The van der Waals surface area contributed by atoms with Gasteiger partial charge in [0.05, 0.1) is 11.9 Å². The van der Waals surface area contributed by atoms with Gasteiger partial charge in [-0.3, -0.25) is 4.68 Å². The van der Waals surface area contributed by atoms with Gasteiger partial charge in [-0.05, 0) is 50.9 Å². The van der Waals surface area contributed by atoms with Crippen LogP contribution in [0.4, 0.5) is 0 Å². The molecule has 0 saturated carbocycles. The number of aromatic nitrogens is 7. The van der Waals surface area contributed by atoms with Crippen LogP contribution in [-0.2, 0) is 6.54 Å². The summed E-state index contributed by atoms with van der Waals surface area (Å²) in [5, 5.41) is 23.7. The summed E-state index contributed by atoms with van der Waals surface area (Å²) in [5.41, 5.74) is 1.97. The van der Waals surface area contributed by atoms with Crippen LogP contribution in [0.15, 0.2) is 22.9 Å². The van der Waals surface area contributed by atoms with E-state index in [1.54, 1.807) is 0 Å². The zero-order chi connectivity index (χ0) is 16.4. The average molecular weight is 326 g/mol. The third-order valence-corrected chi connectivity index (χ3v) is 4.05. The first-order valence-corrected chi connectivity index (χ1v) is 8.03. The summed E-state index contributed by atoms with van der Waals surface area (Å²) in [6.45, 7) is 4.83. The summed E-state index contributed by atoms with van der Waals surface area (Å²) in [5.74, 6) is 1.30. The van der Waals surface area contributed by atoms with Crippen LogP contribution in [-0.4, -0.2) is 48.4 Å². The van der Waals surface area contributed by atoms with Gasteiger partial charge < -0.3 is 9.84 Å². The lowest BCUT2D eigenvalue weighted by molar-refractivity contribution is 0.322. The minimum absolute atomic E-state index is 0.334. The molecule has 3 aromatic rings. The summed E-state index contributed by atoms with van der Waals surface area (Å²) >= 11 is 0. The van der Waals surface area contributed by atoms with Crippen LogP contribution in [0.5, 0.6) is 0 Å². The van der Waals surface area contributed by atoms with Crippen LogP contribution in [0.3, 0.4) is 0 Å². The Labute approximate surface area is 138 Å². The van der Waals surface area contributed by atoms with Gasteiger partial charge in [0, 0.05) is 6.54 Å². The second-order valence-corrected chi connectivity index (χ2v) is 6.02. The Morgan fingerprint density at radius 1 is 1.25 bits per heavy atom. The third-order valence-electron chi connectivity index (χ3n) is 4.05. The lowest BCUT2D eigenvalue weighted by atomic mass is 10.00. The normalized spacial score (nSPS) is 18.0. The highest BCUT2D eigenvalue weighted by Crippen LogP contribution is 2.19. The highest BCUT2D eigenvalue weighted by molar-refractivity contribution is 5.52. The van der Waals surface area contributed by atoms with Gasteiger partial charge in [0.1, 0.15) is 5.69 Å². The highest BCUT2D eigenvalue weighted by Gasteiger charge is 2.17. The fourth-order valence-corrected chi connectivity index (χ4v) is 2.78. The minimum Gasteiger partial charge on any atom is -0.332 e. The first-order chi connectivity index (χ1) is 11.8. The van der Waals surface area contributed by atoms with E-state index in [1.165, 1.54) is 12.8 Å². The van der Waals surface area contributed by atoms with Crippen molar-refractivity contribution in [2.75, 3.05) is 13.1 Å². The summed E-state index contributed by atoms with van der Waals surface area (Å²) < 4.78 is 7.12. The van der Waals surface area contributed by atoms with E-state index < -0.39 is 0 Å². The van der Waals surface area contributed by atoms with E-state index in [2.05, 4.69) is 36.0 Å². The SMILES string of the molecule is Cc1ccc(-c2noc(-c3cn(C[C@H]4CCCNC4)nn3)n2)nn1. The van der Waals surface area contributed by atoms with Crippen molar-refractivity contribution >= 4 is 0 Å². The maximum atomic E-state index is 5.28. The third kappa shape index (κ3) is 3.16. The van der Waals surface area contributed by atoms with Gasteiger partial charge in [0.15, 0.2) is 5.69 Å². The van der Waals surface area contributed by atoms with E-state index in [1.807, 2.05) is 29.9 Å². The Kier molecular flexibility index (Phi) is 3.99. The van der Waals surface area contributed by atoms with Crippen molar-refractivity contribution in [2.45, 2.75) is 26.3 Å². The fourth-order valence-electron chi connectivity index (χ4n) is 2.78. The highest BCUT2D eigenvalue weighted by atomic mass is 16.5. The number of hydrogen-bond donors (Lipinski definition) is 1. The van der Waals surface area contributed by atoms with Gasteiger partial charge in [0.25, 0.3) is 5.89 Å². The van der Waals surface area contributed by atoms with Crippen molar-refractivity contribution in [1.82, 2.24) is 40.6 Å². The van der Waals surface area contributed by atoms with Crippen molar-refractivity contribution in [1.29, 1.82) is 0 Å². The summed E-state index contributed by atoms with van der Waals surface area (Å²) in [7, 11) is 0. The van der Waals surface area contributed by atoms with Crippen LogP contribution in [0, 0.1) is 12.8 Å². The maximum Gasteiger partial charge on any atom is 0.280 e. The second kappa shape index (κ2) is 6.44. The molecule has 0 aromatic carbocycles. The van der Waals surface area contributed by atoms with Crippen LogP contribution in [0.2, 0.25) is 0 Å². The van der Waals surface area contributed by atoms with Crippen molar-refractivity contribution in [3.8, 4) is 23.1 Å². The molecule has 1 fully saturated rings. The number of piperidine rings is 1. The lowest BCUT2D eigenvalue weighted by Crippen LogP contribution is -2.32. The quantitative estimate of drug-likeness (QED) is 0.759. The molecule has 0 aliphatic carbocycles. The molecule has 0 amide bonds. The predicted molar refractivity (Wildman–Crippen MR) is 84.7 cm³/mol. The van der Waals surface area contributed by atoms with Gasteiger partial charge >= 0.3 is 0 Å². The van der Waals surface area contributed by atoms with E-state index in [0.29, 0.717) is 29.0 Å². The summed E-state index contributed by atoms with van der Waals surface area (Å²) in [6.07, 6.45) is 4.25. The molecule has 4 rings (SSSR count). The Morgan fingerprint density at radius 3 is 3.00 bits per heavy atom. The van der Waals surface area contributed by atoms with Crippen LogP contribution >= 0.6 is 0 Å². The molecule has 1 saturated heterocycles. The van der Waals surface area contributed by atoms with Crippen LogP contribution < -0.4 is 5.32 Å². The average Bonchev–Trinajstić information content (AvgIpc) is 3.26. The van der Waals surface area contributed by atoms with E-state index >= 15 is 0 Å². The number of aryl methyl sites for hydroxylation is 1. The van der Waals surface area contributed by atoms with E-state index in [9.17, 15) is 0 Å². The number of hydrogen-bond acceptors (Lipinski definition) is 8. The van der Waals surface area contributed by atoms with Crippen molar-refractivity contribution in [3.05, 3.63) is 24.0 Å². The zero-order valence-electron chi connectivity index (χ0n) is 13.4. The number of nitrogens with one attached hydrogen (secondary N) is 1. The topological polar surface area (TPSA) is 107 Å². The largest absolute Gasteiger partial charge is 0.332 e. The molecule has 0 spiro atoms. The van der Waals surface area contributed by atoms with Crippen molar-refractivity contribution in [2.24, 2.45) is 5.92 Å². The molecule has 1 N–H and O–H groups in total. The van der Waals surface area contributed by atoms with Gasteiger partial charge in [0.2, 0.25) is 5.82 Å². The number of nitrogens with zero attached hydrogens (tertiary/aromatic N) is 7. The molecule has 1 atom stereocenters. The van der Waals surface area contributed by atoms with Gasteiger partial charge in [-0.1, -0.05) is 10.4 Å². The predicted octanol–water partition coefficient (Wildman–Crippen LogP) is 1.09. The molecule has 0 unspecified atom stereocenters. The monoisotopic (exact) mass is 326 g/mol. The molecular formula is C15H18N8O. The zero-order valence-corrected chi connectivity index (χ0v) is 13.4. The molecule has 1 aliphatic rings. The van der Waals surface area contributed by atoms with E-state index in [0.717, 1.165) is 25.3 Å². The first kappa shape index (κ1) is 14.9. The second-order valence-electron chi connectivity index (χ2n) is 6.02. The van der Waals surface area contributed by atoms with E-state index in [4.69, 9.17) is 4.52 Å². The fraction of sp³-hybridized carbons (Fsp3) is 0.467. The Morgan fingerprint density at radius 2 is 2.21 bits per heavy atom. The molecule has 0 bridgehead atoms. The van der Waals surface area contributed by atoms with Crippen molar-refractivity contribution < 1.29 is 4.52 Å². The summed E-state index contributed by atoms with van der Waals surface area (Å²) in [6, 6.07) is 3.66. The van der Waals surface area contributed by atoms with Crippen molar-refractivity contribution in [3.63, 3.8) is 0 Å². The van der Waals surface area contributed by atoms with Gasteiger partial charge in [-0.15, -0.1) is 10.2 Å². The first-order valence-electron chi connectivity index (χ1n) is 8.03. The molecule has 124 valence electrons. The Balaban J connectivity index is 1.49. The summed E-state index contributed by atoms with van der Waals surface area (Å²) in [4.78, 5) is 4.33. The molecule has 9 nitrogen and oxygen atoms in total. The molecule has 1 aliphatic heterocycles. The van der Waals surface area contributed by atoms with E-state index in [-0.39, 0.29) is 0 Å². The minimum atomic E-state index is 0.334. The smallest absolute Gasteiger partial charge is 0.280 e. The maximum absolute atomic E-state index is 5.28. The molecule has 3 aromatic heterocycles.